The molecule has 3 rings (SSSR count). The highest BCUT2D eigenvalue weighted by molar-refractivity contribution is 6.33. The highest BCUT2D eigenvalue weighted by Crippen LogP contribution is 2.21. The summed E-state index contributed by atoms with van der Waals surface area (Å²) in [6.45, 7) is 2.96. The Morgan fingerprint density at radius 2 is 1.65 bits per heavy atom. The van der Waals surface area contributed by atoms with Crippen LogP contribution in [0, 0.1) is 6.92 Å². The minimum absolute atomic E-state index is 0.167. The number of nitrogens with zero attached hydrogens (tertiary/aromatic N) is 2. The first-order valence-corrected chi connectivity index (χ1v) is 9.12. The molecule has 0 unspecified atom stereocenters. The molecule has 0 aliphatic rings. The van der Waals surface area contributed by atoms with Crippen molar-refractivity contribution < 1.29 is 4.79 Å². The van der Waals surface area contributed by atoms with E-state index in [1.807, 2.05) is 55.5 Å². The summed E-state index contributed by atoms with van der Waals surface area (Å²) in [5.41, 5.74) is 3.46. The van der Waals surface area contributed by atoms with Gasteiger partial charge in [0.05, 0.1) is 17.8 Å². The third kappa shape index (κ3) is 4.52. The van der Waals surface area contributed by atoms with Crippen LogP contribution in [0.4, 0.5) is 0 Å². The number of halogens is 1. The van der Waals surface area contributed by atoms with Crippen molar-refractivity contribution in [2.45, 2.75) is 26.3 Å². The summed E-state index contributed by atoms with van der Waals surface area (Å²) >= 11 is 6.42. The molecule has 0 aliphatic heterocycles. The van der Waals surface area contributed by atoms with E-state index in [2.05, 4.69) is 22.5 Å². The average molecular weight is 368 g/mol. The highest BCUT2D eigenvalue weighted by Gasteiger charge is 2.20. The van der Waals surface area contributed by atoms with Crippen LogP contribution in [0.1, 0.15) is 33.6 Å². The number of carbonyl (C=O) groups excluding carboxylic acids is 1. The molecule has 1 amide bonds. The van der Waals surface area contributed by atoms with Gasteiger partial charge in [-0.2, -0.15) is 5.10 Å². The second-order valence-corrected chi connectivity index (χ2v) is 6.60. The molecule has 134 valence electrons. The predicted molar refractivity (Wildman–Crippen MR) is 105 cm³/mol. The van der Waals surface area contributed by atoms with Crippen LogP contribution >= 0.6 is 11.6 Å². The van der Waals surface area contributed by atoms with Crippen molar-refractivity contribution in [3.05, 3.63) is 88.2 Å². The van der Waals surface area contributed by atoms with Crippen LogP contribution in [-0.4, -0.2) is 22.2 Å². The third-order valence-electron chi connectivity index (χ3n) is 4.24. The summed E-state index contributed by atoms with van der Waals surface area (Å²) in [5.74, 6) is -0.167. The van der Waals surface area contributed by atoms with Gasteiger partial charge in [0, 0.05) is 6.54 Å². The monoisotopic (exact) mass is 367 g/mol. The minimum atomic E-state index is -0.167. The van der Waals surface area contributed by atoms with Crippen LogP contribution < -0.4 is 5.32 Å². The molecule has 26 heavy (non-hydrogen) atoms. The van der Waals surface area contributed by atoms with Gasteiger partial charge >= 0.3 is 0 Å². The van der Waals surface area contributed by atoms with E-state index < -0.39 is 0 Å². The zero-order valence-corrected chi connectivity index (χ0v) is 15.5. The Morgan fingerprint density at radius 3 is 2.31 bits per heavy atom. The Morgan fingerprint density at radius 1 is 1.04 bits per heavy atom. The highest BCUT2D eigenvalue weighted by atomic mass is 35.5. The molecule has 0 bridgehead atoms. The van der Waals surface area contributed by atoms with E-state index in [1.165, 1.54) is 5.56 Å². The van der Waals surface area contributed by atoms with Crippen molar-refractivity contribution in [1.82, 2.24) is 15.1 Å². The largest absolute Gasteiger partial charge is 0.352 e. The van der Waals surface area contributed by atoms with Gasteiger partial charge in [-0.1, -0.05) is 72.3 Å². The maximum atomic E-state index is 12.5. The first kappa shape index (κ1) is 18.2. The summed E-state index contributed by atoms with van der Waals surface area (Å²) in [6, 6.07) is 20.2. The van der Waals surface area contributed by atoms with Crippen LogP contribution in [0.3, 0.4) is 0 Å². The van der Waals surface area contributed by atoms with Gasteiger partial charge in [-0.05, 0) is 30.9 Å². The van der Waals surface area contributed by atoms with E-state index in [9.17, 15) is 4.79 Å². The number of hydrogen-bond donors (Lipinski definition) is 1. The second-order valence-electron chi connectivity index (χ2n) is 6.24. The van der Waals surface area contributed by atoms with Gasteiger partial charge in [0.1, 0.15) is 5.15 Å². The Bertz CT molecular complexity index is 860. The van der Waals surface area contributed by atoms with Crippen molar-refractivity contribution >= 4 is 17.5 Å². The van der Waals surface area contributed by atoms with Gasteiger partial charge in [0.25, 0.3) is 5.91 Å². The van der Waals surface area contributed by atoms with Crippen molar-refractivity contribution in [2.24, 2.45) is 0 Å². The van der Waals surface area contributed by atoms with Crippen LogP contribution in [0.5, 0.6) is 0 Å². The normalized spacial score (nSPS) is 10.7. The summed E-state index contributed by atoms with van der Waals surface area (Å²) in [5, 5.41) is 7.76. The van der Waals surface area contributed by atoms with E-state index >= 15 is 0 Å². The molecule has 0 spiro atoms. The van der Waals surface area contributed by atoms with Crippen LogP contribution in [0.15, 0.2) is 60.7 Å². The molecule has 0 fully saturated rings. The fourth-order valence-electron chi connectivity index (χ4n) is 2.90. The van der Waals surface area contributed by atoms with E-state index in [4.69, 9.17) is 11.6 Å². The molecule has 0 atom stereocenters. The minimum Gasteiger partial charge on any atom is -0.352 e. The summed E-state index contributed by atoms with van der Waals surface area (Å²) in [6.07, 6.45) is 1.81. The van der Waals surface area contributed by atoms with Crippen molar-refractivity contribution in [3.63, 3.8) is 0 Å². The lowest BCUT2D eigenvalue weighted by atomic mass is 10.1. The fraction of sp³-hybridized carbons (Fsp3) is 0.238. The Kier molecular flexibility index (Phi) is 6.08. The number of hydrogen-bond acceptors (Lipinski definition) is 2. The maximum Gasteiger partial charge on any atom is 0.256 e. The van der Waals surface area contributed by atoms with Crippen molar-refractivity contribution in [1.29, 1.82) is 0 Å². The quantitative estimate of drug-likeness (QED) is 0.634. The topological polar surface area (TPSA) is 46.9 Å². The lowest BCUT2D eigenvalue weighted by Crippen LogP contribution is -2.25. The smallest absolute Gasteiger partial charge is 0.256 e. The zero-order chi connectivity index (χ0) is 18.4. The summed E-state index contributed by atoms with van der Waals surface area (Å²) < 4.78 is 1.67. The van der Waals surface area contributed by atoms with Gasteiger partial charge < -0.3 is 5.32 Å². The molecular weight excluding hydrogens is 346 g/mol. The summed E-state index contributed by atoms with van der Waals surface area (Å²) in [4.78, 5) is 12.5. The lowest BCUT2D eigenvalue weighted by Gasteiger charge is -2.06. The molecule has 1 N–H and O–H groups in total. The molecule has 1 heterocycles. The maximum absolute atomic E-state index is 12.5. The number of aryl methyl sites for hydroxylation is 2. The number of rotatable bonds is 7. The van der Waals surface area contributed by atoms with Gasteiger partial charge in [-0.15, -0.1) is 0 Å². The molecular formula is C21H22ClN3O. The molecule has 5 heteroatoms. The van der Waals surface area contributed by atoms with Crippen molar-refractivity contribution in [2.75, 3.05) is 6.54 Å². The Labute approximate surface area is 158 Å². The molecule has 0 aliphatic carbocycles. The summed E-state index contributed by atoms with van der Waals surface area (Å²) in [7, 11) is 0. The average Bonchev–Trinajstić information content (AvgIpc) is 2.94. The Hall–Kier alpha value is -2.59. The van der Waals surface area contributed by atoms with Crippen LogP contribution in [-0.2, 0) is 13.0 Å². The number of benzene rings is 2. The van der Waals surface area contributed by atoms with Gasteiger partial charge in [0.15, 0.2) is 0 Å². The first-order valence-electron chi connectivity index (χ1n) is 8.74. The number of aromatic nitrogens is 2. The van der Waals surface area contributed by atoms with Crippen molar-refractivity contribution in [3.8, 4) is 0 Å². The van der Waals surface area contributed by atoms with Crippen LogP contribution in [0.25, 0.3) is 0 Å². The van der Waals surface area contributed by atoms with E-state index in [1.54, 1.807) is 4.68 Å². The Balaban J connectivity index is 1.59. The molecule has 1 aromatic heterocycles. The molecule has 3 aromatic rings. The van der Waals surface area contributed by atoms with Crippen LogP contribution in [0.2, 0.25) is 5.15 Å². The number of amides is 1. The van der Waals surface area contributed by atoms with E-state index in [0.29, 0.717) is 29.5 Å². The molecule has 0 radical (unpaired) electrons. The first-order chi connectivity index (χ1) is 12.6. The van der Waals surface area contributed by atoms with E-state index in [0.717, 1.165) is 18.4 Å². The lowest BCUT2D eigenvalue weighted by molar-refractivity contribution is 0.0952. The molecule has 0 saturated carbocycles. The van der Waals surface area contributed by atoms with Gasteiger partial charge in [0.2, 0.25) is 0 Å². The third-order valence-corrected chi connectivity index (χ3v) is 4.62. The molecule has 0 saturated heterocycles. The second kappa shape index (κ2) is 8.68. The SMILES string of the molecule is Cc1nn(Cc2ccccc2)c(Cl)c1C(=O)NCCCc1ccccc1. The van der Waals surface area contributed by atoms with Gasteiger partial charge in [-0.3, -0.25) is 4.79 Å². The number of nitrogens with one attached hydrogen (secondary N) is 1. The van der Waals surface area contributed by atoms with Gasteiger partial charge in [-0.25, -0.2) is 4.68 Å². The predicted octanol–water partition coefficient (Wildman–Crippen LogP) is 4.26. The zero-order valence-electron chi connectivity index (χ0n) is 14.8. The number of carbonyl (C=O) groups is 1. The molecule has 2 aromatic carbocycles. The van der Waals surface area contributed by atoms with E-state index in [-0.39, 0.29) is 5.91 Å². The standard InChI is InChI=1S/C21H22ClN3O/c1-16-19(20(22)25(24-16)15-18-11-6-3-7-12-18)21(26)23-14-8-13-17-9-4-2-5-10-17/h2-7,9-12H,8,13-15H2,1H3,(H,23,26). The fourth-order valence-corrected chi connectivity index (χ4v) is 3.22. The molecule has 4 nitrogen and oxygen atoms in total.